The Bertz CT molecular complexity index is 324. The molecule has 0 saturated carbocycles. The molecule has 1 rings (SSSR count). The van der Waals surface area contributed by atoms with Crippen molar-refractivity contribution in [1.82, 2.24) is 4.90 Å². The van der Waals surface area contributed by atoms with Gasteiger partial charge in [-0.05, 0) is 7.05 Å². The molecule has 0 aliphatic heterocycles. The van der Waals surface area contributed by atoms with E-state index in [4.69, 9.17) is 5.11 Å². The Morgan fingerprint density at radius 2 is 2.00 bits per heavy atom. The number of benzene rings is 1. The summed E-state index contributed by atoms with van der Waals surface area (Å²) in [6.07, 6.45) is 0. The van der Waals surface area contributed by atoms with Crippen LogP contribution < -0.4 is 0 Å². The molecule has 1 aromatic carbocycles. The molecule has 0 bridgehead atoms. The van der Waals surface area contributed by atoms with Crippen molar-refractivity contribution in [2.45, 2.75) is 6.92 Å². The van der Waals surface area contributed by atoms with E-state index >= 15 is 0 Å². The normalized spacial score (nSPS) is 12.8. The van der Waals surface area contributed by atoms with E-state index in [1.807, 2.05) is 49.2 Å². The lowest BCUT2D eigenvalue weighted by atomic mass is 9.99. The molecule has 1 aromatic rings. The van der Waals surface area contributed by atoms with E-state index in [0.717, 1.165) is 5.56 Å². The number of Topliss-reactive ketones (excluding diaryl/α,β-unsaturated/α-hetero) is 1. The summed E-state index contributed by atoms with van der Waals surface area (Å²) in [4.78, 5) is 14.0. The zero-order valence-corrected chi connectivity index (χ0v) is 9.89. The zero-order valence-electron chi connectivity index (χ0n) is 9.89. The molecule has 0 aliphatic rings. The highest BCUT2D eigenvalue weighted by Crippen LogP contribution is 2.09. The molecule has 88 valence electrons. The first-order valence-electron chi connectivity index (χ1n) is 5.53. The second kappa shape index (κ2) is 6.40. The van der Waals surface area contributed by atoms with Gasteiger partial charge in [-0.1, -0.05) is 37.3 Å². The van der Waals surface area contributed by atoms with E-state index in [9.17, 15) is 4.79 Å². The van der Waals surface area contributed by atoms with Gasteiger partial charge in [0.25, 0.3) is 0 Å². The Morgan fingerprint density at radius 3 is 2.56 bits per heavy atom. The van der Waals surface area contributed by atoms with Crippen LogP contribution in [-0.4, -0.2) is 42.5 Å². The van der Waals surface area contributed by atoms with Gasteiger partial charge in [-0.25, -0.2) is 0 Å². The highest BCUT2D eigenvalue weighted by molar-refractivity contribution is 5.97. The largest absolute Gasteiger partial charge is 0.395 e. The number of aliphatic hydroxyl groups excluding tert-OH is 1. The highest BCUT2D eigenvalue weighted by Gasteiger charge is 2.16. The average molecular weight is 221 g/mol. The standard InChI is InChI=1S/C13H19NO2/c1-11(10-14(2)8-9-15)13(16)12-6-4-3-5-7-12/h3-7,11,15H,8-10H2,1-2H3. The average Bonchev–Trinajstić information content (AvgIpc) is 2.29. The molecular formula is C13H19NO2. The Balaban J connectivity index is 2.55. The van der Waals surface area contributed by atoms with Crippen molar-refractivity contribution < 1.29 is 9.90 Å². The molecule has 1 N–H and O–H groups in total. The second-order valence-corrected chi connectivity index (χ2v) is 4.12. The van der Waals surface area contributed by atoms with Gasteiger partial charge in [-0.3, -0.25) is 4.79 Å². The molecule has 0 amide bonds. The summed E-state index contributed by atoms with van der Waals surface area (Å²) < 4.78 is 0. The molecule has 0 saturated heterocycles. The highest BCUT2D eigenvalue weighted by atomic mass is 16.3. The number of aliphatic hydroxyl groups is 1. The quantitative estimate of drug-likeness (QED) is 0.739. The fourth-order valence-corrected chi connectivity index (χ4v) is 1.70. The first kappa shape index (κ1) is 12.9. The van der Waals surface area contributed by atoms with E-state index in [1.165, 1.54) is 0 Å². The minimum atomic E-state index is -0.0426. The van der Waals surface area contributed by atoms with Crippen LogP contribution in [-0.2, 0) is 0 Å². The molecule has 1 unspecified atom stereocenters. The van der Waals surface area contributed by atoms with Crippen molar-refractivity contribution in [3.63, 3.8) is 0 Å². The molecule has 0 radical (unpaired) electrons. The van der Waals surface area contributed by atoms with Crippen LogP contribution in [0, 0.1) is 5.92 Å². The number of carbonyl (C=O) groups excluding carboxylic acids is 1. The maximum Gasteiger partial charge on any atom is 0.166 e. The lowest BCUT2D eigenvalue weighted by molar-refractivity contribution is 0.0895. The maximum atomic E-state index is 12.0. The number of rotatable bonds is 6. The molecule has 0 aromatic heterocycles. The van der Waals surface area contributed by atoms with Crippen LogP contribution >= 0.6 is 0 Å². The number of nitrogens with zero attached hydrogens (tertiary/aromatic N) is 1. The summed E-state index contributed by atoms with van der Waals surface area (Å²) in [5.74, 6) is 0.115. The SMILES string of the molecule is CC(CN(C)CCO)C(=O)c1ccccc1. The Kier molecular flexibility index (Phi) is 5.15. The van der Waals surface area contributed by atoms with Crippen LogP contribution in [0.15, 0.2) is 30.3 Å². The molecule has 1 atom stereocenters. The van der Waals surface area contributed by atoms with Gasteiger partial charge in [0.2, 0.25) is 0 Å². The monoisotopic (exact) mass is 221 g/mol. The number of ketones is 1. The van der Waals surface area contributed by atoms with Crippen LogP contribution in [0.25, 0.3) is 0 Å². The van der Waals surface area contributed by atoms with Crippen molar-refractivity contribution in [1.29, 1.82) is 0 Å². The molecule has 0 fully saturated rings. The van der Waals surface area contributed by atoms with Crippen LogP contribution in [0.4, 0.5) is 0 Å². The Hall–Kier alpha value is -1.19. The number of likely N-dealkylation sites (N-methyl/N-ethyl adjacent to an activating group) is 1. The minimum absolute atomic E-state index is 0.0426. The van der Waals surface area contributed by atoms with Crippen molar-refractivity contribution in [2.75, 3.05) is 26.7 Å². The van der Waals surface area contributed by atoms with E-state index in [0.29, 0.717) is 13.1 Å². The zero-order chi connectivity index (χ0) is 12.0. The van der Waals surface area contributed by atoms with Crippen molar-refractivity contribution >= 4 is 5.78 Å². The molecular weight excluding hydrogens is 202 g/mol. The van der Waals surface area contributed by atoms with Gasteiger partial charge in [-0.15, -0.1) is 0 Å². The van der Waals surface area contributed by atoms with Gasteiger partial charge in [0.05, 0.1) is 6.61 Å². The third kappa shape index (κ3) is 3.76. The third-order valence-electron chi connectivity index (χ3n) is 2.57. The van der Waals surface area contributed by atoms with Crippen molar-refractivity contribution in [3.8, 4) is 0 Å². The van der Waals surface area contributed by atoms with Gasteiger partial charge >= 0.3 is 0 Å². The van der Waals surface area contributed by atoms with Crippen LogP contribution in [0.3, 0.4) is 0 Å². The summed E-state index contributed by atoms with van der Waals surface area (Å²) in [5, 5.41) is 8.78. The first-order chi connectivity index (χ1) is 7.65. The maximum absolute atomic E-state index is 12.0. The van der Waals surface area contributed by atoms with Gasteiger partial charge in [0.1, 0.15) is 0 Å². The van der Waals surface area contributed by atoms with Crippen LogP contribution in [0.5, 0.6) is 0 Å². The molecule has 0 spiro atoms. The number of hydrogen-bond donors (Lipinski definition) is 1. The summed E-state index contributed by atoms with van der Waals surface area (Å²) in [5.41, 5.74) is 0.757. The molecule has 3 nitrogen and oxygen atoms in total. The Morgan fingerprint density at radius 1 is 1.38 bits per heavy atom. The van der Waals surface area contributed by atoms with E-state index < -0.39 is 0 Å². The van der Waals surface area contributed by atoms with Crippen LogP contribution in [0.1, 0.15) is 17.3 Å². The number of hydrogen-bond acceptors (Lipinski definition) is 3. The summed E-state index contributed by atoms with van der Waals surface area (Å²) in [7, 11) is 1.91. The first-order valence-corrected chi connectivity index (χ1v) is 5.53. The fraction of sp³-hybridized carbons (Fsp3) is 0.462. The summed E-state index contributed by atoms with van der Waals surface area (Å²) in [6.45, 7) is 3.33. The predicted molar refractivity (Wildman–Crippen MR) is 64.5 cm³/mol. The lowest BCUT2D eigenvalue weighted by Gasteiger charge is -2.19. The van der Waals surface area contributed by atoms with Gasteiger partial charge in [0.15, 0.2) is 5.78 Å². The molecule has 16 heavy (non-hydrogen) atoms. The second-order valence-electron chi connectivity index (χ2n) is 4.12. The molecule has 3 heteroatoms. The molecule has 0 aliphatic carbocycles. The van der Waals surface area contributed by atoms with Gasteiger partial charge in [-0.2, -0.15) is 0 Å². The van der Waals surface area contributed by atoms with Gasteiger partial charge in [0, 0.05) is 24.6 Å². The third-order valence-corrected chi connectivity index (χ3v) is 2.57. The van der Waals surface area contributed by atoms with E-state index in [2.05, 4.69) is 0 Å². The predicted octanol–water partition coefficient (Wildman–Crippen LogP) is 1.43. The van der Waals surface area contributed by atoms with Crippen LogP contribution in [0.2, 0.25) is 0 Å². The Labute approximate surface area is 96.7 Å². The lowest BCUT2D eigenvalue weighted by Crippen LogP contribution is -2.30. The van der Waals surface area contributed by atoms with Crippen molar-refractivity contribution in [2.24, 2.45) is 5.92 Å². The fourth-order valence-electron chi connectivity index (χ4n) is 1.70. The van der Waals surface area contributed by atoms with E-state index in [-0.39, 0.29) is 18.3 Å². The topological polar surface area (TPSA) is 40.5 Å². The van der Waals surface area contributed by atoms with Gasteiger partial charge < -0.3 is 10.0 Å². The van der Waals surface area contributed by atoms with E-state index in [1.54, 1.807) is 0 Å². The number of carbonyl (C=O) groups is 1. The molecule has 0 heterocycles. The minimum Gasteiger partial charge on any atom is -0.395 e. The summed E-state index contributed by atoms with van der Waals surface area (Å²) >= 11 is 0. The smallest absolute Gasteiger partial charge is 0.166 e. The van der Waals surface area contributed by atoms with Crippen molar-refractivity contribution in [3.05, 3.63) is 35.9 Å². The summed E-state index contributed by atoms with van der Waals surface area (Å²) in [6, 6.07) is 9.32.